The van der Waals surface area contributed by atoms with E-state index in [-0.39, 0.29) is 12.0 Å². The maximum absolute atomic E-state index is 9.98. The van der Waals surface area contributed by atoms with Crippen molar-refractivity contribution in [1.82, 2.24) is 5.32 Å². The Labute approximate surface area is 123 Å². The molecule has 1 aromatic carbocycles. The molecule has 0 atom stereocenters. The summed E-state index contributed by atoms with van der Waals surface area (Å²) in [4.78, 5) is 0. The molecule has 0 aliphatic rings. The number of aryl methyl sites for hydroxylation is 2. The van der Waals surface area contributed by atoms with Crippen molar-refractivity contribution in [3.63, 3.8) is 0 Å². The van der Waals surface area contributed by atoms with Gasteiger partial charge in [0.15, 0.2) is 0 Å². The van der Waals surface area contributed by atoms with Crippen molar-refractivity contribution in [2.75, 3.05) is 13.2 Å². The second-order valence-corrected chi connectivity index (χ2v) is 5.85. The maximum atomic E-state index is 9.98. The molecule has 0 unspecified atom stereocenters. The third kappa shape index (κ3) is 4.22. The second kappa shape index (κ2) is 7.65. The van der Waals surface area contributed by atoms with Gasteiger partial charge >= 0.3 is 0 Å². The van der Waals surface area contributed by atoms with Crippen LogP contribution >= 0.6 is 0 Å². The number of hydrogen-bond acceptors (Lipinski definition) is 3. The summed E-state index contributed by atoms with van der Waals surface area (Å²) in [7, 11) is 0. The lowest BCUT2D eigenvalue weighted by Crippen LogP contribution is -2.34. The number of aliphatic hydroxyl groups excluding tert-OH is 1. The first kappa shape index (κ1) is 17.0. The minimum atomic E-state index is 0.157. The maximum Gasteiger partial charge on any atom is 0.120 e. The highest BCUT2D eigenvalue weighted by atomic mass is 16.3. The molecule has 0 spiro atoms. The first-order valence-electron chi connectivity index (χ1n) is 7.58. The van der Waals surface area contributed by atoms with E-state index in [1.54, 1.807) is 0 Å². The van der Waals surface area contributed by atoms with Crippen molar-refractivity contribution in [2.24, 2.45) is 5.41 Å². The summed E-state index contributed by atoms with van der Waals surface area (Å²) in [6.07, 6.45) is 2.93. The molecule has 0 aromatic heterocycles. The van der Waals surface area contributed by atoms with Crippen LogP contribution in [-0.4, -0.2) is 23.4 Å². The van der Waals surface area contributed by atoms with E-state index in [0.29, 0.717) is 12.3 Å². The Bertz CT molecular complexity index is 425. The fourth-order valence-electron chi connectivity index (χ4n) is 2.64. The summed E-state index contributed by atoms with van der Waals surface area (Å²) in [6, 6.07) is 3.87. The van der Waals surface area contributed by atoms with Crippen LogP contribution in [0.3, 0.4) is 0 Å². The van der Waals surface area contributed by atoms with Crippen LogP contribution in [0.2, 0.25) is 0 Å². The average molecular weight is 279 g/mol. The van der Waals surface area contributed by atoms with Gasteiger partial charge in [-0.2, -0.15) is 0 Å². The van der Waals surface area contributed by atoms with Gasteiger partial charge in [-0.3, -0.25) is 0 Å². The van der Waals surface area contributed by atoms with Crippen LogP contribution in [0.25, 0.3) is 0 Å². The van der Waals surface area contributed by atoms with Crippen molar-refractivity contribution < 1.29 is 10.2 Å². The third-order valence-corrected chi connectivity index (χ3v) is 4.65. The summed E-state index contributed by atoms with van der Waals surface area (Å²) >= 11 is 0. The van der Waals surface area contributed by atoms with E-state index in [2.05, 4.69) is 26.1 Å². The second-order valence-electron chi connectivity index (χ2n) is 5.85. The number of aromatic hydroxyl groups is 1. The molecule has 0 heterocycles. The molecule has 0 aliphatic heterocycles. The van der Waals surface area contributed by atoms with Crippen LogP contribution < -0.4 is 5.32 Å². The normalized spacial score (nSPS) is 11.8. The van der Waals surface area contributed by atoms with Crippen molar-refractivity contribution >= 4 is 0 Å². The van der Waals surface area contributed by atoms with Crippen molar-refractivity contribution in [2.45, 2.75) is 53.5 Å². The van der Waals surface area contributed by atoms with Crippen molar-refractivity contribution in [1.29, 1.82) is 0 Å². The number of rotatable bonds is 8. The van der Waals surface area contributed by atoms with Crippen molar-refractivity contribution in [3.8, 4) is 5.75 Å². The molecule has 0 saturated carbocycles. The quantitative estimate of drug-likeness (QED) is 0.684. The molecule has 0 amide bonds. The first-order valence-corrected chi connectivity index (χ1v) is 7.58. The van der Waals surface area contributed by atoms with E-state index in [9.17, 15) is 10.2 Å². The van der Waals surface area contributed by atoms with Crippen LogP contribution in [0.1, 0.15) is 49.8 Å². The molecule has 0 saturated heterocycles. The highest BCUT2D eigenvalue weighted by molar-refractivity contribution is 5.40. The average Bonchev–Trinajstić information content (AvgIpc) is 2.43. The Balaban J connectivity index is 2.65. The SMILES string of the molecule is CCC(CC)(CCO)CNCc1cc(C)c(C)cc1O. The molecule has 3 N–H and O–H groups in total. The summed E-state index contributed by atoms with van der Waals surface area (Å²) in [5, 5.41) is 22.7. The predicted octanol–water partition coefficient (Wildman–Crippen LogP) is 3.29. The molecule has 0 bridgehead atoms. The molecule has 0 radical (unpaired) electrons. The van der Waals surface area contributed by atoms with Gasteiger partial charge in [-0.15, -0.1) is 0 Å². The largest absolute Gasteiger partial charge is 0.508 e. The molecular formula is C17H29NO2. The van der Waals surface area contributed by atoms with E-state index in [1.807, 2.05) is 19.1 Å². The van der Waals surface area contributed by atoms with Gasteiger partial charge in [0.25, 0.3) is 0 Å². The fraction of sp³-hybridized carbons (Fsp3) is 0.647. The van der Waals surface area contributed by atoms with Gasteiger partial charge < -0.3 is 15.5 Å². The molecule has 20 heavy (non-hydrogen) atoms. The van der Waals surface area contributed by atoms with Gasteiger partial charge in [0.1, 0.15) is 5.75 Å². The van der Waals surface area contributed by atoms with Gasteiger partial charge in [-0.1, -0.05) is 19.9 Å². The van der Waals surface area contributed by atoms with Crippen LogP contribution in [0.5, 0.6) is 5.75 Å². The zero-order valence-electron chi connectivity index (χ0n) is 13.3. The predicted molar refractivity (Wildman–Crippen MR) is 84.0 cm³/mol. The van der Waals surface area contributed by atoms with E-state index >= 15 is 0 Å². The molecule has 0 aliphatic carbocycles. The highest BCUT2D eigenvalue weighted by Gasteiger charge is 2.24. The number of nitrogens with one attached hydrogen (secondary N) is 1. The van der Waals surface area contributed by atoms with Crippen LogP contribution in [-0.2, 0) is 6.54 Å². The topological polar surface area (TPSA) is 52.5 Å². The summed E-state index contributed by atoms with van der Waals surface area (Å²) in [6.45, 7) is 10.2. The number of hydrogen-bond donors (Lipinski definition) is 3. The lowest BCUT2D eigenvalue weighted by Gasteiger charge is -2.31. The van der Waals surface area contributed by atoms with E-state index < -0.39 is 0 Å². The van der Waals surface area contributed by atoms with Crippen LogP contribution in [0, 0.1) is 19.3 Å². The zero-order valence-corrected chi connectivity index (χ0v) is 13.3. The number of benzene rings is 1. The van der Waals surface area contributed by atoms with E-state index in [1.165, 1.54) is 5.56 Å². The van der Waals surface area contributed by atoms with Gasteiger partial charge in [-0.05, 0) is 55.7 Å². The fourth-order valence-corrected chi connectivity index (χ4v) is 2.64. The Morgan fingerprint density at radius 3 is 2.25 bits per heavy atom. The lowest BCUT2D eigenvalue weighted by atomic mass is 9.79. The summed E-state index contributed by atoms with van der Waals surface area (Å²) < 4.78 is 0. The number of phenols is 1. The number of phenolic OH excluding ortho intramolecular Hbond substituents is 1. The molecule has 0 fully saturated rings. The molecule has 1 rings (SSSR count). The van der Waals surface area contributed by atoms with Gasteiger partial charge in [-0.25, -0.2) is 0 Å². The van der Waals surface area contributed by atoms with Gasteiger partial charge in [0, 0.05) is 25.3 Å². The smallest absolute Gasteiger partial charge is 0.120 e. The Kier molecular flexibility index (Phi) is 6.50. The van der Waals surface area contributed by atoms with Gasteiger partial charge in [0.05, 0.1) is 0 Å². The summed E-state index contributed by atoms with van der Waals surface area (Å²) in [5.74, 6) is 0.362. The molecule has 3 nitrogen and oxygen atoms in total. The highest BCUT2D eigenvalue weighted by Crippen LogP contribution is 2.30. The Morgan fingerprint density at radius 1 is 1.10 bits per heavy atom. The van der Waals surface area contributed by atoms with Crippen LogP contribution in [0.4, 0.5) is 0 Å². The Hall–Kier alpha value is -1.06. The molecule has 114 valence electrons. The van der Waals surface area contributed by atoms with E-state index in [4.69, 9.17) is 0 Å². The lowest BCUT2D eigenvalue weighted by molar-refractivity contribution is 0.163. The molecule has 1 aromatic rings. The Morgan fingerprint density at radius 2 is 1.70 bits per heavy atom. The monoisotopic (exact) mass is 279 g/mol. The molecular weight excluding hydrogens is 250 g/mol. The summed E-state index contributed by atoms with van der Waals surface area (Å²) in [5.41, 5.74) is 3.41. The zero-order chi connectivity index (χ0) is 15.2. The van der Waals surface area contributed by atoms with E-state index in [0.717, 1.165) is 36.9 Å². The standard InChI is InChI=1S/C17H29NO2/c1-5-17(6-2,7-8-19)12-18-11-15-9-13(3)14(4)10-16(15)20/h9-10,18-20H,5-8,11-12H2,1-4H3. The third-order valence-electron chi connectivity index (χ3n) is 4.65. The van der Waals surface area contributed by atoms with Gasteiger partial charge in [0.2, 0.25) is 0 Å². The van der Waals surface area contributed by atoms with Crippen molar-refractivity contribution in [3.05, 3.63) is 28.8 Å². The minimum Gasteiger partial charge on any atom is -0.508 e. The van der Waals surface area contributed by atoms with Crippen LogP contribution in [0.15, 0.2) is 12.1 Å². The molecule has 3 heteroatoms. The first-order chi connectivity index (χ1) is 9.48. The number of aliphatic hydroxyl groups is 1. The minimum absolute atomic E-state index is 0.157.